The number of aliphatic imine (C=N–C) groups is 1. The van der Waals surface area contributed by atoms with E-state index in [9.17, 15) is 4.79 Å². The van der Waals surface area contributed by atoms with Gasteiger partial charge < -0.3 is 10.1 Å². The Bertz CT molecular complexity index is 329. The number of rotatable bonds is 3. The predicted molar refractivity (Wildman–Crippen MR) is 51.7 cm³/mol. The van der Waals surface area contributed by atoms with Crippen LogP contribution in [0.1, 0.15) is 4.88 Å². The predicted octanol–water partition coefficient (Wildman–Crippen LogP) is 0.136. The Kier molecular flexibility index (Phi) is 3.51. The number of H-pyrrole nitrogens is 1. The lowest BCUT2D eigenvalue weighted by molar-refractivity contribution is 0.307. The Hall–Kier alpha value is -0.590. The highest BCUT2D eigenvalue weighted by molar-refractivity contribution is 7.80. The highest BCUT2D eigenvalue weighted by Gasteiger charge is 1.99. The molecule has 0 aliphatic heterocycles. The monoisotopic (exact) mass is 204 g/mol. The fourth-order valence-corrected chi connectivity index (χ4v) is 1.62. The highest BCUT2D eigenvalue weighted by Crippen LogP contribution is 2.09. The Labute approximate surface area is 78.4 Å². The molecule has 1 aromatic heterocycles. The fraction of sp³-hybridized carbons (Fsp3) is 0.333. The second kappa shape index (κ2) is 4.44. The molecule has 0 unspecified atom stereocenters. The summed E-state index contributed by atoms with van der Waals surface area (Å²) >= 11 is 5.07. The number of aliphatic hydroxyl groups is 1. The van der Waals surface area contributed by atoms with Gasteiger partial charge in [-0.1, -0.05) is 11.3 Å². The number of thiol groups is 1. The molecule has 0 fully saturated rings. The second-order valence-electron chi connectivity index (χ2n) is 1.99. The fourth-order valence-electron chi connectivity index (χ4n) is 0.625. The normalized spacial score (nSPS) is 11.2. The van der Waals surface area contributed by atoms with Crippen molar-refractivity contribution in [2.75, 3.05) is 13.2 Å². The summed E-state index contributed by atoms with van der Waals surface area (Å²) in [5.74, 6) is 0. The third-order valence-corrected chi connectivity index (χ3v) is 2.42. The molecule has 2 N–H and O–H groups in total. The molecule has 0 radical (unpaired) electrons. The molecule has 0 bridgehead atoms. The van der Waals surface area contributed by atoms with Gasteiger partial charge >= 0.3 is 4.87 Å². The number of aromatic amines is 1. The quantitative estimate of drug-likeness (QED) is 0.484. The zero-order valence-corrected chi connectivity index (χ0v) is 7.86. The first kappa shape index (κ1) is 9.50. The maximum absolute atomic E-state index is 10.7. The topological polar surface area (TPSA) is 65.5 Å². The van der Waals surface area contributed by atoms with Crippen molar-refractivity contribution in [2.45, 2.75) is 5.03 Å². The van der Waals surface area contributed by atoms with E-state index in [4.69, 9.17) is 5.11 Å². The summed E-state index contributed by atoms with van der Waals surface area (Å²) in [7, 11) is 0. The number of aromatic nitrogens is 1. The molecule has 4 nitrogen and oxygen atoms in total. The van der Waals surface area contributed by atoms with Gasteiger partial charge in [-0.15, -0.1) is 12.6 Å². The minimum Gasteiger partial charge on any atom is -0.394 e. The van der Waals surface area contributed by atoms with E-state index < -0.39 is 0 Å². The van der Waals surface area contributed by atoms with Gasteiger partial charge in [0.2, 0.25) is 0 Å². The SMILES string of the molecule is O=c1[nH]c(S)c(C=NCCO)s1. The van der Waals surface area contributed by atoms with Crippen LogP contribution in [0.4, 0.5) is 0 Å². The van der Waals surface area contributed by atoms with Gasteiger partial charge in [0, 0.05) is 6.21 Å². The van der Waals surface area contributed by atoms with Crippen molar-refractivity contribution in [3.8, 4) is 0 Å². The van der Waals surface area contributed by atoms with Crippen LogP contribution in [0.15, 0.2) is 14.8 Å². The van der Waals surface area contributed by atoms with Crippen molar-refractivity contribution in [3.05, 3.63) is 14.5 Å². The zero-order valence-electron chi connectivity index (χ0n) is 6.15. The van der Waals surface area contributed by atoms with E-state index >= 15 is 0 Å². The van der Waals surface area contributed by atoms with Crippen molar-refractivity contribution in [2.24, 2.45) is 4.99 Å². The summed E-state index contributed by atoms with van der Waals surface area (Å²) in [6, 6.07) is 0. The van der Waals surface area contributed by atoms with Crippen LogP contribution in [0.5, 0.6) is 0 Å². The lowest BCUT2D eigenvalue weighted by Crippen LogP contribution is -1.89. The van der Waals surface area contributed by atoms with Crippen molar-refractivity contribution < 1.29 is 5.11 Å². The van der Waals surface area contributed by atoms with Crippen LogP contribution in [0.3, 0.4) is 0 Å². The largest absolute Gasteiger partial charge is 0.394 e. The molecular formula is C6H8N2O2S2. The number of nitrogens with one attached hydrogen (secondary N) is 1. The Morgan fingerprint density at radius 2 is 2.50 bits per heavy atom. The van der Waals surface area contributed by atoms with Gasteiger partial charge in [0.15, 0.2) is 0 Å². The molecule has 0 aromatic carbocycles. The third kappa shape index (κ3) is 2.47. The standard InChI is InChI=1S/C6H8N2O2S2/c9-2-1-7-3-4-5(11)8-6(10)12-4/h3,9,11H,1-2H2,(H,8,10). The summed E-state index contributed by atoms with van der Waals surface area (Å²) in [6.45, 7) is 0.358. The van der Waals surface area contributed by atoms with Gasteiger partial charge in [-0.3, -0.25) is 9.79 Å². The van der Waals surface area contributed by atoms with Crippen LogP contribution in [-0.4, -0.2) is 29.5 Å². The molecule has 1 heterocycles. The van der Waals surface area contributed by atoms with Gasteiger partial charge in [-0.2, -0.15) is 0 Å². The van der Waals surface area contributed by atoms with Crippen LogP contribution < -0.4 is 4.87 Å². The van der Waals surface area contributed by atoms with Crippen LogP contribution in [0.2, 0.25) is 0 Å². The first-order valence-corrected chi connectivity index (χ1v) is 4.53. The van der Waals surface area contributed by atoms with Gasteiger partial charge in [0.05, 0.1) is 23.1 Å². The number of aliphatic hydroxyl groups excluding tert-OH is 1. The van der Waals surface area contributed by atoms with Crippen molar-refractivity contribution in [3.63, 3.8) is 0 Å². The number of thiazole rings is 1. The minimum absolute atomic E-state index is 0.0116. The third-order valence-electron chi connectivity index (χ3n) is 1.09. The van der Waals surface area contributed by atoms with Crippen LogP contribution in [0.25, 0.3) is 0 Å². The molecule has 0 saturated heterocycles. The van der Waals surface area contributed by atoms with Gasteiger partial charge in [-0.25, -0.2) is 0 Å². The summed E-state index contributed by atoms with van der Waals surface area (Å²) in [5, 5.41) is 8.94. The molecule has 1 rings (SSSR count). The molecule has 12 heavy (non-hydrogen) atoms. The smallest absolute Gasteiger partial charge is 0.305 e. The van der Waals surface area contributed by atoms with Gasteiger partial charge in [0.1, 0.15) is 0 Å². The van der Waals surface area contributed by atoms with Crippen molar-refractivity contribution >= 4 is 30.2 Å². The minimum atomic E-state index is -0.148. The Morgan fingerprint density at radius 1 is 1.75 bits per heavy atom. The Balaban J connectivity index is 2.75. The summed E-state index contributed by atoms with van der Waals surface area (Å²) in [4.78, 5) is 17.7. The van der Waals surface area contributed by atoms with E-state index in [1.165, 1.54) is 6.21 Å². The molecule has 66 valence electrons. The molecule has 0 spiro atoms. The molecule has 0 aliphatic carbocycles. The zero-order chi connectivity index (χ0) is 8.97. The number of nitrogens with zero attached hydrogens (tertiary/aromatic N) is 1. The molecular weight excluding hydrogens is 196 g/mol. The van der Waals surface area contributed by atoms with Crippen molar-refractivity contribution in [1.29, 1.82) is 0 Å². The second-order valence-corrected chi connectivity index (χ2v) is 3.45. The molecule has 0 aliphatic rings. The maximum Gasteiger partial charge on any atom is 0.305 e. The Morgan fingerprint density at radius 3 is 3.00 bits per heavy atom. The van der Waals surface area contributed by atoms with Crippen LogP contribution >= 0.6 is 24.0 Å². The molecule has 0 amide bonds. The maximum atomic E-state index is 10.7. The lowest BCUT2D eigenvalue weighted by atomic mass is 10.6. The van der Waals surface area contributed by atoms with E-state index in [0.29, 0.717) is 16.4 Å². The van der Waals surface area contributed by atoms with E-state index in [1.807, 2.05) is 0 Å². The number of hydrogen-bond acceptors (Lipinski definition) is 5. The highest BCUT2D eigenvalue weighted by atomic mass is 32.1. The lowest BCUT2D eigenvalue weighted by Gasteiger charge is -1.86. The van der Waals surface area contributed by atoms with Gasteiger partial charge in [0.25, 0.3) is 0 Å². The van der Waals surface area contributed by atoms with Crippen molar-refractivity contribution in [1.82, 2.24) is 4.98 Å². The van der Waals surface area contributed by atoms with E-state index in [2.05, 4.69) is 22.6 Å². The van der Waals surface area contributed by atoms with E-state index in [1.54, 1.807) is 0 Å². The summed E-state index contributed by atoms with van der Waals surface area (Å²) in [5.41, 5.74) is 0. The average Bonchev–Trinajstić information content (AvgIpc) is 2.31. The van der Waals surface area contributed by atoms with Gasteiger partial charge in [-0.05, 0) is 0 Å². The number of hydrogen-bond donors (Lipinski definition) is 3. The average molecular weight is 204 g/mol. The van der Waals surface area contributed by atoms with Crippen LogP contribution in [0, 0.1) is 0 Å². The van der Waals surface area contributed by atoms with E-state index in [-0.39, 0.29) is 11.5 Å². The molecule has 0 saturated carbocycles. The first-order chi connectivity index (χ1) is 5.74. The van der Waals surface area contributed by atoms with Crippen LogP contribution in [-0.2, 0) is 0 Å². The summed E-state index contributed by atoms with van der Waals surface area (Å²) < 4.78 is 0. The molecule has 1 aromatic rings. The summed E-state index contributed by atoms with van der Waals surface area (Å²) in [6.07, 6.45) is 1.53. The molecule has 0 atom stereocenters. The first-order valence-electron chi connectivity index (χ1n) is 3.27. The molecule has 6 heteroatoms. The van der Waals surface area contributed by atoms with E-state index in [0.717, 1.165) is 11.3 Å².